The molecule has 0 heterocycles. The summed E-state index contributed by atoms with van der Waals surface area (Å²) in [6.07, 6.45) is 0.497. The second-order valence-corrected chi connectivity index (χ2v) is 4.32. The van der Waals surface area contributed by atoms with Crippen LogP contribution in [-0.2, 0) is 20.7 Å². The van der Waals surface area contributed by atoms with E-state index in [1.165, 1.54) is 0 Å². The van der Waals surface area contributed by atoms with Crippen molar-refractivity contribution in [3.05, 3.63) is 29.8 Å². The van der Waals surface area contributed by atoms with E-state index in [0.717, 1.165) is 5.56 Å². The summed E-state index contributed by atoms with van der Waals surface area (Å²) < 4.78 is 4.75. The minimum Gasteiger partial charge on any atom is -0.508 e. The molecule has 20 heavy (non-hydrogen) atoms. The van der Waals surface area contributed by atoms with Crippen LogP contribution in [0.25, 0.3) is 0 Å². The number of nitrogens with one attached hydrogen (secondary N) is 1. The lowest BCUT2D eigenvalue weighted by atomic mass is 10.1. The summed E-state index contributed by atoms with van der Waals surface area (Å²) in [6.45, 7) is 2.26. The Kier molecular flexibility index (Phi) is 6.52. The van der Waals surface area contributed by atoms with Gasteiger partial charge >= 0.3 is 5.97 Å². The normalized spacial score (nSPS) is 11.7. The van der Waals surface area contributed by atoms with E-state index in [0.29, 0.717) is 13.0 Å². The number of esters is 1. The minimum absolute atomic E-state index is 0.130. The van der Waals surface area contributed by atoms with Crippen molar-refractivity contribution in [2.45, 2.75) is 25.8 Å². The van der Waals surface area contributed by atoms with Crippen LogP contribution in [-0.4, -0.2) is 36.2 Å². The molecule has 6 heteroatoms. The summed E-state index contributed by atoms with van der Waals surface area (Å²) in [5.41, 5.74) is 6.63. The highest BCUT2D eigenvalue weighted by molar-refractivity contribution is 5.82. The first-order chi connectivity index (χ1) is 9.52. The van der Waals surface area contributed by atoms with Gasteiger partial charge in [0, 0.05) is 6.54 Å². The van der Waals surface area contributed by atoms with Crippen molar-refractivity contribution in [2.24, 2.45) is 5.73 Å². The zero-order valence-electron chi connectivity index (χ0n) is 11.5. The van der Waals surface area contributed by atoms with Crippen molar-refractivity contribution in [1.29, 1.82) is 0 Å². The van der Waals surface area contributed by atoms with Crippen LogP contribution in [0.1, 0.15) is 18.9 Å². The number of nitrogens with two attached hydrogens (primary N) is 1. The third kappa shape index (κ3) is 5.71. The Labute approximate surface area is 117 Å². The molecule has 0 unspecified atom stereocenters. The Hall–Kier alpha value is -2.08. The van der Waals surface area contributed by atoms with E-state index >= 15 is 0 Å². The average Bonchev–Trinajstić information content (AvgIpc) is 2.41. The molecule has 0 saturated carbocycles. The first-order valence-electron chi connectivity index (χ1n) is 6.49. The van der Waals surface area contributed by atoms with Crippen molar-refractivity contribution in [1.82, 2.24) is 5.32 Å². The molecular formula is C14H20N2O4. The van der Waals surface area contributed by atoms with Gasteiger partial charge in [-0.2, -0.15) is 0 Å². The van der Waals surface area contributed by atoms with Gasteiger partial charge in [0.15, 0.2) is 0 Å². The van der Waals surface area contributed by atoms with E-state index in [9.17, 15) is 9.59 Å². The molecular weight excluding hydrogens is 260 g/mol. The van der Waals surface area contributed by atoms with Gasteiger partial charge in [-0.15, -0.1) is 0 Å². The zero-order chi connectivity index (χ0) is 15.0. The van der Waals surface area contributed by atoms with E-state index in [1.807, 2.05) is 0 Å². The molecule has 0 fully saturated rings. The molecule has 1 aromatic carbocycles. The molecule has 0 bridgehead atoms. The predicted molar refractivity (Wildman–Crippen MR) is 74.0 cm³/mol. The molecule has 1 aromatic rings. The van der Waals surface area contributed by atoms with Crippen LogP contribution in [0.4, 0.5) is 0 Å². The number of ether oxygens (including phenoxy) is 1. The highest BCUT2D eigenvalue weighted by atomic mass is 16.5. The average molecular weight is 280 g/mol. The van der Waals surface area contributed by atoms with Gasteiger partial charge in [0.25, 0.3) is 0 Å². The summed E-state index contributed by atoms with van der Waals surface area (Å²) in [6, 6.07) is 5.81. The summed E-state index contributed by atoms with van der Waals surface area (Å²) in [5, 5.41) is 11.7. The maximum atomic E-state index is 11.7. The van der Waals surface area contributed by atoms with Crippen LogP contribution < -0.4 is 11.1 Å². The molecule has 4 N–H and O–H groups in total. The highest BCUT2D eigenvalue weighted by Gasteiger charge is 2.14. The Morgan fingerprint density at radius 1 is 1.35 bits per heavy atom. The molecule has 0 spiro atoms. The standard InChI is InChI=1S/C14H20N2O4/c1-2-20-13(18)7-8-16-14(19)12(15)9-10-3-5-11(17)6-4-10/h3-6,12,17H,2,7-9,15H2,1H3,(H,16,19)/t12-/m1/s1. The third-order valence-electron chi connectivity index (χ3n) is 2.66. The van der Waals surface area contributed by atoms with Crippen molar-refractivity contribution in [3.63, 3.8) is 0 Å². The number of benzene rings is 1. The van der Waals surface area contributed by atoms with Gasteiger partial charge in [-0.3, -0.25) is 9.59 Å². The molecule has 6 nitrogen and oxygen atoms in total. The number of hydrogen-bond donors (Lipinski definition) is 3. The first-order valence-corrected chi connectivity index (χ1v) is 6.49. The lowest BCUT2D eigenvalue weighted by Gasteiger charge is -2.12. The van der Waals surface area contributed by atoms with Crippen LogP contribution in [0, 0.1) is 0 Å². The number of carbonyl (C=O) groups is 2. The SMILES string of the molecule is CCOC(=O)CCNC(=O)[C@H](N)Cc1ccc(O)cc1. The molecule has 1 atom stereocenters. The maximum absolute atomic E-state index is 11.7. The molecule has 0 saturated heterocycles. The number of carbonyl (C=O) groups excluding carboxylic acids is 2. The fraction of sp³-hybridized carbons (Fsp3) is 0.429. The van der Waals surface area contributed by atoms with Gasteiger partial charge in [0.2, 0.25) is 5.91 Å². The smallest absolute Gasteiger partial charge is 0.307 e. The number of hydrogen-bond acceptors (Lipinski definition) is 5. The fourth-order valence-corrected chi connectivity index (χ4v) is 1.63. The molecule has 0 aliphatic heterocycles. The number of rotatable bonds is 7. The largest absolute Gasteiger partial charge is 0.508 e. The molecule has 0 aliphatic rings. The van der Waals surface area contributed by atoms with Crippen molar-refractivity contribution in [3.8, 4) is 5.75 Å². The lowest BCUT2D eigenvalue weighted by molar-refractivity contribution is -0.143. The number of aromatic hydroxyl groups is 1. The van der Waals surface area contributed by atoms with Crippen molar-refractivity contribution in [2.75, 3.05) is 13.2 Å². The minimum atomic E-state index is -0.693. The number of phenols is 1. The molecule has 1 rings (SSSR count). The summed E-state index contributed by atoms with van der Waals surface area (Å²) in [5.74, 6) is -0.497. The quantitative estimate of drug-likeness (QED) is 0.625. The zero-order valence-corrected chi connectivity index (χ0v) is 11.5. The first kappa shape index (κ1) is 16.0. The van der Waals surface area contributed by atoms with E-state index in [2.05, 4.69) is 5.32 Å². The van der Waals surface area contributed by atoms with E-state index in [1.54, 1.807) is 31.2 Å². The maximum Gasteiger partial charge on any atom is 0.307 e. The number of amides is 1. The number of phenolic OH excluding ortho intramolecular Hbond substituents is 1. The van der Waals surface area contributed by atoms with Crippen molar-refractivity contribution >= 4 is 11.9 Å². The van der Waals surface area contributed by atoms with Gasteiger partial charge in [-0.05, 0) is 31.0 Å². The van der Waals surface area contributed by atoms with E-state index < -0.39 is 6.04 Å². The van der Waals surface area contributed by atoms with Gasteiger partial charge in [-0.1, -0.05) is 12.1 Å². The molecule has 0 aromatic heterocycles. The van der Waals surface area contributed by atoms with Crippen LogP contribution in [0.2, 0.25) is 0 Å². The lowest BCUT2D eigenvalue weighted by Crippen LogP contribution is -2.42. The van der Waals surface area contributed by atoms with Gasteiger partial charge in [-0.25, -0.2) is 0 Å². The molecule has 1 amide bonds. The summed E-state index contributed by atoms with van der Waals surface area (Å²) in [4.78, 5) is 22.8. The van der Waals surface area contributed by atoms with Crippen LogP contribution >= 0.6 is 0 Å². The highest BCUT2D eigenvalue weighted by Crippen LogP contribution is 2.10. The predicted octanol–water partition coefficient (Wildman–Crippen LogP) is 0.331. The summed E-state index contributed by atoms with van der Waals surface area (Å²) >= 11 is 0. The van der Waals surface area contributed by atoms with Crippen LogP contribution in [0.15, 0.2) is 24.3 Å². The van der Waals surface area contributed by atoms with Crippen LogP contribution in [0.3, 0.4) is 0 Å². The monoisotopic (exact) mass is 280 g/mol. The Morgan fingerprint density at radius 3 is 2.60 bits per heavy atom. The molecule has 110 valence electrons. The second kappa shape index (κ2) is 8.16. The van der Waals surface area contributed by atoms with Gasteiger partial charge in [0.1, 0.15) is 5.75 Å². The second-order valence-electron chi connectivity index (χ2n) is 4.32. The van der Waals surface area contributed by atoms with Gasteiger partial charge < -0.3 is 20.9 Å². The van der Waals surface area contributed by atoms with Crippen molar-refractivity contribution < 1.29 is 19.4 Å². The van der Waals surface area contributed by atoms with E-state index in [4.69, 9.17) is 15.6 Å². The molecule has 0 radical (unpaired) electrons. The van der Waals surface area contributed by atoms with E-state index in [-0.39, 0.29) is 30.6 Å². The van der Waals surface area contributed by atoms with Gasteiger partial charge in [0.05, 0.1) is 19.1 Å². The third-order valence-corrected chi connectivity index (χ3v) is 2.66. The summed E-state index contributed by atoms with van der Waals surface area (Å²) in [7, 11) is 0. The topological polar surface area (TPSA) is 102 Å². The Balaban J connectivity index is 2.32. The molecule has 0 aliphatic carbocycles. The Bertz CT molecular complexity index is 445. The van der Waals surface area contributed by atoms with Crippen LogP contribution in [0.5, 0.6) is 5.75 Å². The Morgan fingerprint density at radius 2 is 2.00 bits per heavy atom. The fourth-order valence-electron chi connectivity index (χ4n) is 1.63.